The van der Waals surface area contributed by atoms with Crippen LogP contribution in [0, 0.1) is 0 Å². The zero-order chi connectivity index (χ0) is 18.5. The Morgan fingerprint density at radius 3 is 2.00 bits per heavy atom. The highest BCUT2D eigenvalue weighted by Crippen LogP contribution is 2.17. The van der Waals surface area contributed by atoms with Gasteiger partial charge in [0.2, 0.25) is 5.95 Å². The number of ketones is 1. The van der Waals surface area contributed by atoms with Crippen LogP contribution in [0.1, 0.15) is 27.6 Å². The molecule has 130 valence electrons. The number of carbonyl (C=O) groups excluding carboxylic acids is 2. The highest BCUT2D eigenvalue weighted by molar-refractivity contribution is 6.30. The minimum absolute atomic E-state index is 0.0277. The van der Waals surface area contributed by atoms with E-state index in [9.17, 15) is 9.59 Å². The van der Waals surface area contributed by atoms with Crippen molar-refractivity contribution in [2.75, 3.05) is 10.6 Å². The van der Waals surface area contributed by atoms with Gasteiger partial charge >= 0.3 is 0 Å². The third-order valence-corrected chi connectivity index (χ3v) is 3.82. The van der Waals surface area contributed by atoms with Crippen LogP contribution in [0.2, 0.25) is 5.02 Å². The second-order valence-electron chi connectivity index (χ2n) is 5.51. The van der Waals surface area contributed by atoms with Crippen molar-refractivity contribution < 1.29 is 9.59 Å². The molecule has 2 aromatic carbocycles. The zero-order valence-corrected chi connectivity index (χ0v) is 14.6. The normalized spacial score (nSPS) is 10.2. The number of benzene rings is 2. The fourth-order valence-electron chi connectivity index (χ4n) is 2.16. The molecule has 0 fully saturated rings. The van der Waals surface area contributed by atoms with Crippen molar-refractivity contribution in [3.05, 3.63) is 77.1 Å². The van der Waals surface area contributed by atoms with Crippen LogP contribution in [-0.2, 0) is 0 Å². The number of nitrogens with one attached hydrogen (secondary N) is 2. The summed E-state index contributed by atoms with van der Waals surface area (Å²) in [5.74, 6) is 0.00774. The molecule has 0 bridgehead atoms. The minimum atomic E-state index is -0.335. The molecule has 0 radical (unpaired) electrons. The second kappa shape index (κ2) is 7.76. The molecule has 2 N–H and O–H groups in total. The molecule has 3 rings (SSSR count). The Morgan fingerprint density at radius 1 is 0.846 bits per heavy atom. The number of anilines is 3. The molecule has 0 aliphatic heterocycles. The van der Waals surface area contributed by atoms with Gasteiger partial charge in [-0.3, -0.25) is 9.59 Å². The van der Waals surface area contributed by atoms with Gasteiger partial charge in [-0.2, -0.15) is 0 Å². The first-order valence-electron chi connectivity index (χ1n) is 7.78. The Kier molecular flexibility index (Phi) is 5.24. The van der Waals surface area contributed by atoms with Gasteiger partial charge in [0.25, 0.3) is 5.91 Å². The molecule has 1 heterocycles. The van der Waals surface area contributed by atoms with E-state index >= 15 is 0 Å². The first kappa shape index (κ1) is 17.6. The summed E-state index contributed by atoms with van der Waals surface area (Å²) in [6, 6.07) is 13.8. The number of nitrogens with zero attached hydrogens (tertiary/aromatic N) is 2. The number of aromatic nitrogens is 2. The molecule has 7 heteroatoms. The summed E-state index contributed by atoms with van der Waals surface area (Å²) in [7, 11) is 0. The standard InChI is InChI=1S/C19H15ClN4O2/c1-12(25)13-2-6-16(7-3-13)23-18(26)14-10-21-19(22-11-14)24-17-8-4-15(20)5-9-17/h2-11H,1H3,(H,23,26)(H,21,22,24). The number of carbonyl (C=O) groups is 2. The fourth-order valence-corrected chi connectivity index (χ4v) is 2.29. The van der Waals surface area contributed by atoms with E-state index in [1.54, 1.807) is 48.5 Å². The van der Waals surface area contributed by atoms with Crippen molar-refractivity contribution in [3.63, 3.8) is 0 Å². The lowest BCUT2D eigenvalue weighted by atomic mass is 10.1. The summed E-state index contributed by atoms with van der Waals surface area (Å²) in [6.45, 7) is 1.49. The molecule has 0 saturated heterocycles. The Balaban J connectivity index is 1.64. The Hall–Kier alpha value is -3.25. The predicted octanol–water partition coefficient (Wildman–Crippen LogP) is 4.33. The zero-order valence-electron chi connectivity index (χ0n) is 13.9. The van der Waals surface area contributed by atoms with Gasteiger partial charge in [0, 0.05) is 34.4 Å². The molecule has 0 aliphatic carbocycles. The Morgan fingerprint density at radius 2 is 1.42 bits per heavy atom. The van der Waals surface area contributed by atoms with Gasteiger partial charge in [-0.05, 0) is 55.5 Å². The van der Waals surface area contributed by atoms with Gasteiger partial charge in [0.05, 0.1) is 5.56 Å². The molecule has 26 heavy (non-hydrogen) atoms. The first-order valence-corrected chi connectivity index (χ1v) is 8.16. The number of rotatable bonds is 5. The van der Waals surface area contributed by atoms with E-state index in [0.29, 0.717) is 27.8 Å². The van der Waals surface area contributed by atoms with Gasteiger partial charge < -0.3 is 10.6 Å². The van der Waals surface area contributed by atoms with E-state index in [0.717, 1.165) is 5.69 Å². The van der Waals surface area contributed by atoms with Crippen molar-refractivity contribution in [2.24, 2.45) is 0 Å². The highest BCUT2D eigenvalue weighted by Gasteiger charge is 2.08. The van der Waals surface area contributed by atoms with Crippen molar-refractivity contribution in [3.8, 4) is 0 Å². The monoisotopic (exact) mass is 366 g/mol. The maximum Gasteiger partial charge on any atom is 0.258 e. The maximum atomic E-state index is 12.2. The summed E-state index contributed by atoms with van der Waals surface area (Å²) in [5.41, 5.74) is 2.28. The Labute approximate surface area is 155 Å². The van der Waals surface area contributed by atoms with Crippen LogP contribution < -0.4 is 10.6 Å². The van der Waals surface area contributed by atoms with Gasteiger partial charge in [0.15, 0.2) is 5.78 Å². The second-order valence-corrected chi connectivity index (χ2v) is 5.95. The summed E-state index contributed by atoms with van der Waals surface area (Å²) in [4.78, 5) is 31.8. The number of Topliss-reactive ketones (excluding diaryl/α,β-unsaturated/α-hetero) is 1. The van der Waals surface area contributed by atoms with Gasteiger partial charge in [-0.25, -0.2) is 9.97 Å². The molecular formula is C19H15ClN4O2. The predicted molar refractivity (Wildman–Crippen MR) is 101 cm³/mol. The van der Waals surface area contributed by atoms with Gasteiger partial charge in [-0.1, -0.05) is 11.6 Å². The quantitative estimate of drug-likeness (QED) is 0.656. The molecule has 0 atom stereocenters. The topological polar surface area (TPSA) is 84.0 Å². The molecule has 0 unspecified atom stereocenters. The number of hydrogen-bond donors (Lipinski definition) is 2. The van der Waals surface area contributed by atoms with E-state index in [1.807, 2.05) is 0 Å². The molecule has 0 saturated carbocycles. The minimum Gasteiger partial charge on any atom is -0.324 e. The largest absolute Gasteiger partial charge is 0.324 e. The lowest BCUT2D eigenvalue weighted by Crippen LogP contribution is -2.13. The molecule has 3 aromatic rings. The van der Waals surface area contributed by atoms with Crippen LogP contribution >= 0.6 is 11.6 Å². The van der Waals surface area contributed by atoms with Crippen LogP contribution in [0.5, 0.6) is 0 Å². The van der Waals surface area contributed by atoms with Crippen molar-refractivity contribution in [2.45, 2.75) is 6.92 Å². The number of halogens is 1. The highest BCUT2D eigenvalue weighted by atomic mass is 35.5. The van der Waals surface area contributed by atoms with Crippen molar-refractivity contribution in [1.82, 2.24) is 9.97 Å². The summed E-state index contributed by atoms with van der Waals surface area (Å²) >= 11 is 5.84. The molecule has 1 amide bonds. The number of hydrogen-bond acceptors (Lipinski definition) is 5. The van der Waals surface area contributed by atoms with Gasteiger partial charge in [0.1, 0.15) is 0 Å². The Bertz CT molecular complexity index is 923. The molecule has 6 nitrogen and oxygen atoms in total. The third kappa shape index (κ3) is 4.43. The molecular weight excluding hydrogens is 352 g/mol. The average molecular weight is 367 g/mol. The van der Waals surface area contributed by atoms with E-state index in [2.05, 4.69) is 20.6 Å². The maximum absolute atomic E-state index is 12.2. The van der Waals surface area contributed by atoms with Crippen molar-refractivity contribution >= 4 is 40.6 Å². The molecule has 1 aromatic heterocycles. The smallest absolute Gasteiger partial charge is 0.258 e. The van der Waals surface area contributed by atoms with E-state index in [1.165, 1.54) is 19.3 Å². The lowest BCUT2D eigenvalue weighted by molar-refractivity contribution is 0.101. The van der Waals surface area contributed by atoms with E-state index in [4.69, 9.17) is 11.6 Å². The van der Waals surface area contributed by atoms with E-state index in [-0.39, 0.29) is 11.7 Å². The molecule has 0 spiro atoms. The van der Waals surface area contributed by atoms with Crippen LogP contribution in [-0.4, -0.2) is 21.7 Å². The summed E-state index contributed by atoms with van der Waals surface area (Å²) in [6.07, 6.45) is 2.87. The summed E-state index contributed by atoms with van der Waals surface area (Å²) in [5, 5.41) is 6.39. The van der Waals surface area contributed by atoms with Crippen molar-refractivity contribution in [1.29, 1.82) is 0 Å². The van der Waals surface area contributed by atoms with Crippen LogP contribution in [0.15, 0.2) is 60.9 Å². The van der Waals surface area contributed by atoms with Gasteiger partial charge in [-0.15, -0.1) is 0 Å². The first-order chi connectivity index (χ1) is 12.5. The molecule has 0 aliphatic rings. The van der Waals surface area contributed by atoms with E-state index < -0.39 is 0 Å². The van der Waals surface area contributed by atoms with Crippen LogP contribution in [0.25, 0.3) is 0 Å². The summed E-state index contributed by atoms with van der Waals surface area (Å²) < 4.78 is 0. The van der Waals surface area contributed by atoms with Crippen LogP contribution in [0.4, 0.5) is 17.3 Å². The number of amides is 1. The average Bonchev–Trinajstić information content (AvgIpc) is 2.64. The third-order valence-electron chi connectivity index (χ3n) is 3.56. The fraction of sp³-hybridized carbons (Fsp3) is 0.0526. The SMILES string of the molecule is CC(=O)c1ccc(NC(=O)c2cnc(Nc3ccc(Cl)cc3)nc2)cc1. The van der Waals surface area contributed by atoms with Crippen LogP contribution in [0.3, 0.4) is 0 Å². The lowest BCUT2D eigenvalue weighted by Gasteiger charge is -2.07.